The number of fused-ring (bicyclic) bond motifs is 1. The molecule has 110 valence electrons. The maximum atomic E-state index is 12.4. The van der Waals surface area contributed by atoms with E-state index in [9.17, 15) is 9.59 Å². The molecule has 1 aromatic carbocycles. The van der Waals surface area contributed by atoms with Gasteiger partial charge in [-0.3, -0.25) is 14.0 Å². The highest BCUT2D eigenvalue weighted by Crippen LogP contribution is 2.19. The Labute approximate surface area is 131 Å². The minimum Gasteiger partial charge on any atom is -0.339 e. The van der Waals surface area contributed by atoms with Crippen LogP contribution < -0.4 is 10.9 Å². The summed E-state index contributed by atoms with van der Waals surface area (Å²) in [5.74, 6) is 0.233. The van der Waals surface area contributed by atoms with Gasteiger partial charge in [0.25, 0.3) is 5.56 Å². The van der Waals surface area contributed by atoms with Crippen molar-refractivity contribution in [1.82, 2.24) is 9.38 Å². The normalized spacial score (nSPS) is 10.6. The molecule has 0 aliphatic carbocycles. The number of rotatable bonds is 3. The number of carbonyl (C=O) groups is 1. The topological polar surface area (TPSA) is 63.5 Å². The van der Waals surface area contributed by atoms with Gasteiger partial charge >= 0.3 is 0 Å². The predicted molar refractivity (Wildman–Crippen MR) is 86.3 cm³/mol. The zero-order valence-corrected chi connectivity index (χ0v) is 12.5. The molecule has 0 spiro atoms. The molecule has 0 saturated carbocycles. The number of halogens is 1. The zero-order valence-electron chi connectivity index (χ0n) is 11.7. The van der Waals surface area contributed by atoms with E-state index < -0.39 is 5.56 Å². The lowest BCUT2D eigenvalue weighted by atomic mass is 10.2. The van der Waals surface area contributed by atoms with E-state index in [1.54, 1.807) is 36.5 Å². The number of aldehydes is 1. The summed E-state index contributed by atoms with van der Waals surface area (Å²) in [6.45, 7) is 1.86. The number of pyridine rings is 1. The molecule has 22 heavy (non-hydrogen) atoms. The molecular weight excluding hydrogens is 302 g/mol. The minimum atomic E-state index is -0.403. The third-order valence-electron chi connectivity index (χ3n) is 3.31. The van der Waals surface area contributed by atoms with Gasteiger partial charge in [0.1, 0.15) is 17.0 Å². The quantitative estimate of drug-likeness (QED) is 0.754. The smallest absolute Gasteiger partial charge is 0.270 e. The van der Waals surface area contributed by atoms with Crippen LogP contribution in [0.2, 0.25) is 5.02 Å². The Hall–Kier alpha value is -2.66. The van der Waals surface area contributed by atoms with Crippen molar-refractivity contribution in [1.29, 1.82) is 0 Å². The van der Waals surface area contributed by atoms with Crippen LogP contribution >= 0.6 is 11.6 Å². The molecule has 0 fully saturated rings. The first kappa shape index (κ1) is 14.3. The Balaban J connectivity index is 2.20. The van der Waals surface area contributed by atoms with Gasteiger partial charge in [0.05, 0.1) is 0 Å². The van der Waals surface area contributed by atoms with Crippen molar-refractivity contribution < 1.29 is 4.79 Å². The van der Waals surface area contributed by atoms with E-state index in [0.29, 0.717) is 22.6 Å². The van der Waals surface area contributed by atoms with E-state index in [0.717, 1.165) is 5.56 Å². The maximum absolute atomic E-state index is 12.4. The summed E-state index contributed by atoms with van der Waals surface area (Å²) in [6, 6.07) is 10.5. The molecule has 0 aliphatic rings. The highest BCUT2D eigenvalue weighted by molar-refractivity contribution is 6.30. The third kappa shape index (κ3) is 2.46. The fourth-order valence-corrected chi connectivity index (χ4v) is 2.31. The number of anilines is 2. The van der Waals surface area contributed by atoms with Crippen LogP contribution in [0.5, 0.6) is 0 Å². The number of nitrogens with one attached hydrogen (secondary N) is 1. The van der Waals surface area contributed by atoms with Crippen molar-refractivity contribution in [2.24, 2.45) is 0 Å². The second kappa shape index (κ2) is 5.61. The minimum absolute atomic E-state index is 0.0157. The molecule has 3 aromatic rings. The number of carbonyl (C=O) groups excluding carboxylic acids is 1. The van der Waals surface area contributed by atoms with Crippen LogP contribution in [0.4, 0.5) is 11.5 Å². The molecule has 0 saturated heterocycles. The van der Waals surface area contributed by atoms with E-state index in [-0.39, 0.29) is 11.4 Å². The Bertz CT molecular complexity index is 917. The van der Waals surface area contributed by atoms with E-state index in [1.165, 1.54) is 4.40 Å². The fourth-order valence-electron chi connectivity index (χ4n) is 2.18. The Kier molecular flexibility index (Phi) is 3.65. The van der Waals surface area contributed by atoms with Crippen molar-refractivity contribution in [2.75, 3.05) is 5.32 Å². The molecule has 1 N–H and O–H groups in total. The average molecular weight is 314 g/mol. The number of hydrogen-bond acceptors (Lipinski definition) is 4. The number of aromatic nitrogens is 2. The molecule has 0 aliphatic heterocycles. The Morgan fingerprint density at radius 3 is 2.64 bits per heavy atom. The lowest BCUT2D eigenvalue weighted by Crippen LogP contribution is -2.22. The monoisotopic (exact) mass is 313 g/mol. The van der Waals surface area contributed by atoms with Crippen LogP contribution in [0.1, 0.15) is 15.9 Å². The second-order valence-electron chi connectivity index (χ2n) is 4.81. The van der Waals surface area contributed by atoms with Gasteiger partial charge in [-0.15, -0.1) is 0 Å². The average Bonchev–Trinajstić information content (AvgIpc) is 2.51. The molecule has 3 rings (SSSR count). The third-order valence-corrected chi connectivity index (χ3v) is 3.56. The highest BCUT2D eigenvalue weighted by atomic mass is 35.5. The number of benzene rings is 1. The summed E-state index contributed by atoms with van der Waals surface area (Å²) < 4.78 is 1.37. The van der Waals surface area contributed by atoms with Gasteiger partial charge in [-0.1, -0.05) is 17.7 Å². The number of aryl methyl sites for hydroxylation is 1. The summed E-state index contributed by atoms with van der Waals surface area (Å²) in [7, 11) is 0. The first-order valence-electron chi connectivity index (χ1n) is 6.60. The van der Waals surface area contributed by atoms with Gasteiger partial charge in [0.2, 0.25) is 0 Å². The summed E-state index contributed by atoms with van der Waals surface area (Å²) in [5.41, 5.74) is 1.63. The summed E-state index contributed by atoms with van der Waals surface area (Å²) in [4.78, 5) is 28.1. The first-order chi connectivity index (χ1) is 10.6. The van der Waals surface area contributed by atoms with Crippen LogP contribution in [-0.4, -0.2) is 15.7 Å². The van der Waals surface area contributed by atoms with Crippen LogP contribution in [-0.2, 0) is 0 Å². The Morgan fingerprint density at radius 2 is 1.95 bits per heavy atom. The predicted octanol–water partition coefficient (Wildman–Crippen LogP) is 3.21. The van der Waals surface area contributed by atoms with Crippen LogP contribution in [0.25, 0.3) is 5.65 Å². The van der Waals surface area contributed by atoms with Gasteiger partial charge in [-0.2, -0.15) is 0 Å². The van der Waals surface area contributed by atoms with Crippen molar-refractivity contribution >= 4 is 35.0 Å². The van der Waals surface area contributed by atoms with Crippen molar-refractivity contribution in [3.63, 3.8) is 0 Å². The van der Waals surface area contributed by atoms with Gasteiger partial charge < -0.3 is 5.32 Å². The Morgan fingerprint density at radius 1 is 1.23 bits per heavy atom. The van der Waals surface area contributed by atoms with Gasteiger partial charge in [0.15, 0.2) is 6.29 Å². The fraction of sp³-hybridized carbons (Fsp3) is 0.0625. The van der Waals surface area contributed by atoms with E-state index >= 15 is 0 Å². The lowest BCUT2D eigenvalue weighted by molar-refractivity contribution is 0.112. The number of nitrogens with zero attached hydrogens (tertiary/aromatic N) is 2. The summed E-state index contributed by atoms with van der Waals surface area (Å²) in [5, 5.41) is 3.60. The maximum Gasteiger partial charge on any atom is 0.270 e. The van der Waals surface area contributed by atoms with Gasteiger partial charge in [-0.05, 0) is 42.8 Å². The standard InChI is InChI=1S/C16H12ClN3O2/c1-10-3-2-8-20-15(10)19-14(13(9-21)16(20)22)18-12-6-4-11(17)5-7-12/h2-9,18H,1H3. The summed E-state index contributed by atoms with van der Waals surface area (Å²) >= 11 is 5.84. The lowest BCUT2D eigenvalue weighted by Gasteiger charge is -2.11. The molecule has 2 aromatic heterocycles. The molecule has 0 unspecified atom stereocenters. The SMILES string of the molecule is Cc1cccn2c(=O)c(C=O)c(Nc3ccc(Cl)cc3)nc12. The first-order valence-corrected chi connectivity index (χ1v) is 6.97. The molecular formula is C16H12ClN3O2. The molecule has 5 nitrogen and oxygen atoms in total. The number of hydrogen-bond donors (Lipinski definition) is 1. The largest absolute Gasteiger partial charge is 0.339 e. The van der Waals surface area contributed by atoms with Gasteiger partial charge in [-0.25, -0.2) is 4.98 Å². The van der Waals surface area contributed by atoms with E-state index in [2.05, 4.69) is 10.3 Å². The molecule has 0 atom stereocenters. The molecule has 0 bridgehead atoms. The summed E-state index contributed by atoms with van der Waals surface area (Å²) in [6.07, 6.45) is 2.11. The van der Waals surface area contributed by atoms with Crippen LogP contribution in [0.3, 0.4) is 0 Å². The van der Waals surface area contributed by atoms with E-state index in [1.807, 2.05) is 13.0 Å². The van der Waals surface area contributed by atoms with Crippen molar-refractivity contribution in [3.8, 4) is 0 Å². The van der Waals surface area contributed by atoms with Crippen molar-refractivity contribution in [3.05, 3.63) is 69.1 Å². The van der Waals surface area contributed by atoms with Crippen molar-refractivity contribution in [2.45, 2.75) is 6.92 Å². The second-order valence-corrected chi connectivity index (χ2v) is 5.25. The zero-order chi connectivity index (χ0) is 15.7. The van der Waals surface area contributed by atoms with Gasteiger partial charge in [0, 0.05) is 16.9 Å². The molecule has 6 heteroatoms. The molecule has 0 radical (unpaired) electrons. The van der Waals surface area contributed by atoms with E-state index in [4.69, 9.17) is 11.6 Å². The molecule has 2 heterocycles. The van der Waals surface area contributed by atoms with Crippen LogP contribution in [0.15, 0.2) is 47.4 Å². The highest BCUT2D eigenvalue weighted by Gasteiger charge is 2.13. The molecule has 0 amide bonds. The van der Waals surface area contributed by atoms with Crippen LogP contribution in [0, 0.1) is 6.92 Å².